The van der Waals surface area contributed by atoms with Gasteiger partial charge in [0, 0.05) is 31.3 Å². The SMILES string of the molecule is C#Cc1c(N2CCC(C)(OC)CC2)c2cc(C(C)C)ncc2[nH]c1=O. The van der Waals surface area contributed by atoms with E-state index in [1.54, 1.807) is 13.3 Å². The zero-order valence-corrected chi connectivity index (χ0v) is 15.3. The number of fused-ring (bicyclic) bond motifs is 1. The number of nitrogens with zero attached hydrogens (tertiary/aromatic N) is 2. The van der Waals surface area contributed by atoms with Crippen LogP contribution in [-0.4, -0.2) is 35.8 Å². The lowest BCUT2D eigenvalue weighted by Crippen LogP contribution is -2.44. The zero-order chi connectivity index (χ0) is 18.2. The molecule has 1 aliphatic heterocycles. The molecule has 0 unspecified atom stereocenters. The lowest BCUT2D eigenvalue weighted by atomic mass is 9.92. The molecule has 0 saturated carbocycles. The number of piperidine rings is 1. The number of hydrogen-bond donors (Lipinski definition) is 1. The fourth-order valence-corrected chi connectivity index (χ4v) is 3.38. The van der Waals surface area contributed by atoms with Crippen molar-refractivity contribution in [3.8, 4) is 12.3 Å². The van der Waals surface area contributed by atoms with E-state index in [-0.39, 0.29) is 11.2 Å². The minimum atomic E-state index is -0.232. The van der Waals surface area contributed by atoms with Crippen molar-refractivity contribution < 1.29 is 4.74 Å². The van der Waals surface area contributed by atoms with Gasteiger partial charge in [-0.05, 0) is 31.7 Å². The van der Waals surface area contributed by atoms with Gasteiger partial charge in [0.2, 0.25) is 0 Å². The third kappa shape index (κ3) is 3.14. The van der Waals surface area contributed by atoms with Crippen LogP contribution in [0.25, 0.3) is 10.9 Å². The molecular weight excluding hydrogens is 314 g/mol. The lowest BCUT2D eigenvalue weighted by molar-refractivity contribution is -0.0132. The van der Waals surface area contributed by atoms with Crippen molar-refractivity contribution in [3.05, 3.63) is 33.9 Å². The molecule has 0 aliphatic carbocycles. The Balaban J connectivity index is 2.16. The van der Waals surface area contributed by atoms with E-state index in [9.17, 15) is 4.79 Å². The molecule has 1 fully saturated rings. The predicted molar refractivity (Wildman–Crippen MR) is 101 cm³/mol. The van der Waals surface area contributed by atoms with Gasteiger partial charge in [0.1, 0.15) is 5.56 Å². The molecule has 0 amide bonds. The summed E-state index contributed by atoms with van der Waals surface area (Å²) in [4.78, 5) is 22.0. The van der Waals surface area contributed by atoms with Crippen LogP contribution < -0.4 is 10.5 Å². The minimum absolute atomic E-state index is 0.117. The molecular formula is C20H25N3O2. The Morgan fingerprint density at radius 1 is 1.40 bits per heavy atom. The summed E-state index contributed by atoms with van der Waals surface area (Å²) in [6.07, 6.45) is 9.21. The van der Waals surface area contributed by atoms with Crippen LogP contribution in [0.2, 0.25) is 0 Å². The van der Waals surface area contributed by atoms with Gasteiger partial charge in [-0.2, -0.15) is 0 Å². The van der Waals surface area contributed by atoms with E-state index in [2.05, 4.69) is 47.6 Å². The summed E-state index contributed by atoms with van der Waals surface area (Å²) in [6, 6.07) is 2.05. The van der Waals surface area contributed by atoms with Crippen LogP contribution in [0.15, 0.2) is 17.1 Å². The van der Waals surface area contributed by atoms with Gasteiger partial charge in [-0.3, -0.25) is 9.78 Å². The first kappa shape index (κ1) is 17.5. The molecule has 3 heterocycles. The van der Waals surface area contributed by atoms with Crippen molar-refractivity contribution in [1.82, 2.24) is 9.97 Å². The van der Waals surface area contributed by atoms with Gasteiger partial charge in [0.05, 0.1) is 23.0 Å². The summed E-state index contributed by atoms with van der Waals surface area (Å²) in [7, 11) is 1.76. The van der Waals surface area contributed by atoms with Crippen LogP contribution in [0.5, 0.6) is 0 Å². The second kappa shape index (κ2) is 6.53. The smallest absolute Gasteiger partial charge is 0.266 e. The lowest BCUT2D eigenvalue weighted by Gasteiger charge is -2.40. The minimum Gasteiger partial charge on any atom is -0.378 e. The predicted octanol–water partition coefficient (Wildman–Crippen LogP) is 3.03. The average Bonchev–Trinajstić information content (AvgIpc) is 2.61. The quantitative estimate of drug-likeness (QED) is 0.873. The summed E-state index contributed by atoms with van der Waals surface area (Å²) < 4.78 is 5.64. The van der Waals surface area contributed by atoms with E-state index in [1.165, 1.54) is 0 Å². The van der Waals surface area contributed by atoms with Gasteiger partial charge in [0.15, 0.2) is 0 Å². The average molecular weight is 339 g/mol. The third-order valence-corrected chi connectivity index (χ3v) is 5.26. The molecule has 0 radical (unpaired) electrons. The fourth-order valence-electron chi connectivity index (χ4n) is 3.38. The Hall–Kier alpha value is -2.32. The number of ether oxygens (including phenoxy) is 1. The Labute approximate surface area is 148 Å². The number of terminal acetylenes is 1. The Morgan fingerprint density at radius 2 is 2.08 bits per heavy atom. The molecule has 2 aromatic heterocycles. The molecule has 1 saturated heterocycles. The monoisotopic (exact) mass is 339 g/mol. The van der Waals surface area contributed by atoms with Gasteiger partial charge in [0.25, 0.3) is 5.56 Å². The second-order valence-corrected chi connectivity index (χ2v) is 7.27. The molecule has 5 nitrogen and oxygen atoms in total. The van der Waals surface area contributed by atoms with Crippen molar-refractivity contribution in [2.45, 2.75) is 45.1 Å². The molecule has 0 spiro atoms. The van der Waals surface area contributed by atoms with E-state index < -0.39 is 0 Å². The van der Waals surface area contributed by atoms with Crippen LogP contribution in [0.4, 0.5) is 5.69 Å². The number of H-pyrrole nitrogens is 1. The van der Waals surface area contributed by atoms with Crippen molar-refractivity contribution in [3.63, 3.8) is 0 Å². The number of pyridine rings is 2. The molecule has 25 heavy (non-hydrogen) atoms. The Bertz CT molecular complexity index is 884. The molecule has 2 aromatic rings. The summed E-state index contributed by atoms with van der Waals surface area (Å²) in [5, 5.41) is 0.965. The van der Waals surface area contributed by atoms with Crippen LogP contribution >= 0.6 is 0 Å². The maximum Gasteiger partial charge on any atom is 0.266 e. The highest BCUT2D eigenvalue weighted by atomic mass is 16.5. The number of rotatable bonds is 3. The number of aromatic nitrogens is 2. The molecule has 5 heteroatoms. The number of anilines is 1. The number of aromatic amines is 1. The van der Waals surface area contributed by atoms with Crippen LogP contribution in [0.1, 0.15) is 50.8 Å². The first-order valence-corrected chi connectivity index (χ1v) is 8.71. The van der Waals surface area contributed by atoms with Crippen LogP contribution in [0, 0.1) is 12.3 Å². The summed E-state index contributed by atoms with van der Waals surface area (Å²) in [5.74, 6) is 2.90. The van der Waals surface area contributed by atoms with Crippen molar-refractivity contribution >= 4 is 16.6 Å². The highest BCUT2D eigenvalue weighted by Crippen LogP contribution is 2.34. The van der Waals surface area contributed by atoms with Crippen LogP contribution in [-0.2, 0) is 4.74 Å². The normalized spacial score (nSPS) is 17.0. The maximum atomic E-state index is 12.5. The zero-order valence-electron chi connectivity index (χ0n) is 15.3. The van der Waals surface area contributed by atoms with Crippen molar-refractivity contribution in [2.75, 3.05) is 25.1 Å². The molecule has 0 atom stereocenters. The second-order valence-electron chi connectivity index (χ2n) is 7.27. The first-order chi connectivity index (χ1) is 11.9. The molecule has 1 aliphatic rings. The highest BCUT2D eigenvalue weighted by Gasteiger charge is 2.31. The summed E-state index contributed by atoms with van der Waals surface area (Å²) in [5.41, 5.74) is 2.61. The Morgan fingerprint density at radius 3 is 2.64 bits per heavy atom. The van der Waals surface area contributed by atoms with Crippen LogP contribution in [0.3, 0.4) is 0 Å². The van der Waals surface area contributed by atoms with Gasteiger partial charge in [-0.25, -0.2) is 0 Å². The largest absolute Gasteiger partial charge is 0.378 e. The topological polar surface area (TPSA) is 58.2 Å². The van der Waals surface area contributed by atoms with E-state index >= 15 is 0 Å². The van der Waals surface area contributed by atoms with E-state index in [0.717, 1.165) is 48.2 Å². The Kier molecular flexibility index (Phi) is 4.57. The van der Waals surface area contributed by atoms with Crippen molar-refractivity contribution in [1.29, 1.82) is 0 Å². The number of methoxy groups -OCH3 is 1. The van der Waals surface area contributed by atoms with Gasteiger partial charge in [-0.1, -0.05) is 19.8 Å². The van der Waals surface area contributed by atoms with E-state index in [4.69, 9.17) is 11.2 Å². The van der Waals surface area contributed by atoms with E-state index in [0.29, 0.717) is 11.5 Å². The summed E-state index contributed by atoms with van der Waals surface area (Å²) in [6.45, 7) is 7.94. The first-order valence-electron chi connectivity index (χ1n) is 8.71. The number of hydrogen-bond acceptors (Lipinski definition) is 4. The molecule has 0 bridgehead atoms. The third-order valence-electron chi connectivity index (χ3n) is 5.26. The van der Waals surface area contributed by atoms with Gasteiger partial charge in [-0.15, -0.1) is 6.42 Å². The van der Waals surface area contributed by atoms with Gasteiger partial charge < -0.3 is 14.6 Å². The molecule has 0 aromatic carbocycles. The molecule has 132 valence electrons. The maximum absolute atomic E-state index is 12.5. The number of nitrogens with one attached hydrogen (secondary N) is 1. The standard InChI is InChI=1S/C20H25N3O2/c1-6-14-18(23-9-7-20(4,25-5)8-10-23)15-11-16(13(2)3)21-12-17(15)22-19(14)24/h1,11-13H,7-10H2,2-5H3,(H,22,24). The highest BCUT2D eigenvalue weighted by molar-refractivity contribution is 5.94. The summed E-state index contributed by atoms with van der Waals surface area (Å²) >= 11 is 0. The molecule has 1 N–H and O–H groups in total. The van der Waals surface area contributed by atoms with Gasteiger partial charge >= 0.3 is 0 Å². The van der Waals surface area contributed by atoms with E-state index in [1.807, 2.05) is 0 Å². The molecule has 3 rings (SSSR count). The van der Waals surface area contributed by atoms with Crippen molar-refractivity contribution in [2.24, 2.45) is 0 Å². The fraction of sp³-hybridized carbons (Fsp3) is 0.500.